The number of aryl methyl sites for hydroxylation is 1. The smallest absolute Gasteiger partial charge is 0.230 e. The van der Waals surface area contributed by atoms with Crippen molar-refractivity contribution in [2.45, 2.75) is 26.3 Å². The third-order valence-corrected chi connectivity index (χ3v) is 2.92. The summed E-state index contributed by atoms with van der Waals surface area (Å²) in [5.41, 5.74) is 1.47. The predicted molar refractivity (Wildman–Crippen MR) is 60.8 cm³/mol. The SMILES string of the molecule is Cc1ccc(F)c(CN2CCC(=O)CC2=O)c1. The summed E-state index contributed by atoms with van der Waals surface area (Å²) >= 11 is 0. The highest BCUT2D eigenvalue weighted by Gasteiger charge is 2.24. The molecule has 1 amide bonds. The van der Waals surface area contributed by atoms with Crippen molar-refractivity contribution in [3.63, 3.8) is 0 Å². The van der Waals surface area contributed by atoms with Crippen molar-refractivity contribution < 1.29 is 14.0 Å². The number of rotatable bonds is 2. The number of nitrogens with zero attached hydrogens (tertiary/aromatic N) is 1. The highest BCUT2D eigenvalue weighted by molar-refractivity contribution is 6.00. The van der Waals surface area contributed by atoms with Crippen molar-refractivity contribution in [3.05, 3.63) is 35.1 Å². The van der Waals surface area contributed by atoms with Crippen LogP contribution in [0.5, 0.6) is 0 Å². The third-order valence-electron chi connectivity index (χ3n) is 2.92. The second-order valence-corrected chi connectivity index (χ2v) is 4.38. The topological polar surface area (TPSA) is 37.4 Å². The summed E-state index contributed by atoms with van der Waals surface area (Å²) < 4.78 is 13.5. The molecule has 1 heterocycles. The summed E-state index contributed by atoms with van der Waals surface area (Å²) in [5.74, 6) is -0.543. The van der Waals surface area contributed by atoms with E-state index in [2.05, 4.69) is 0 Å². The minimum Gasteiger partial charge on any atom is -0.337 e. The van der Waals surface area contributed by atoms with Crippen LogP contribution in [-0.4, -0.2) is 23.1 Å². The fraction of sp³-hybridized carbons (Fsp3) is 0.385. The summed E-state index contributed by atoms with van der Waals surface area (Å²) in [6, 6.07) is 4.84. The molecule has 3 nitrogen and oxygen atoms in total. The molecule has 4 heteroatoms. The van der Waals surface area contributed by atoms with Gasteiger partial charge in [0.15, 0.2) is 0 Å². The monoisotopic (exact) mass is 235 g/mol. The lowest BCUT2D eigenvalue weighted by molar-refractivity contribution is -0.139. The summed E-state index contributed by atoms with van der Waals surface area (Å²) in [4.78, 5) is 24.2. The van der Waals surface area contributed by atoms with E-state index in [9.17, 15) is 14.0 Å². The fourth-order valence-electron chi connectivity index (χ4n) is 1.95. The van der Waals surface area contributed by atoms with Crippen LogP contribution in [0.4, 0.5) is 4.39 Å². The molecule has 17 heavy (non-hydrogen) atoms. The lowest BCUT2D eigenvalue weighted by Gasteiger charge is -2.26. The Morgan fingerprint density at radius 1 is 1.35 bits per heavy atom. The molecule has 0 unspecified atom stereocenters. The van der Waals surface area contributed by atoms with Gasteiger partial charge in [0.1, 0.15) is 11.6 Å². The maximum absolute atomic E-state index is 13.5. The molecule has 0 bridgehead atoms. The zero-order valence-electron chi connectivity index (χ0n) is 9.70. The second-order valence-electron chi connectivity index (χ2n) is 4.38. The van der Waals surface area contributed by atoms with Crippen LogP contribution < -0.4 is 0 Å². The molecule has 1 aromatic carbocycles. The van der Waals surface area contributed by atoms with Gasteiger partial charge in [-0.1, -0.05) is 17.7 Å². The Balaban J connectivity index is 2.13. The standard InChI is InChI=1S/C13H14FNO2/c1-9-2-3-12(14)10(6-9)8-15-5-4-11(16)7-13(15)17/h2-3,6H,4-5,7-8H2,1H3. The van der Waals surface area contributed by atoms with Crippen LogP contribution in [0.3, 0.4) is 0 Å². The van der Waals surface area contributed by atoms with Gasteiger partial charge >= 0.3 is 0 Å². The van der Waals surface area contributed by atoms with Gasteiger partial charge in [-0.3, -0.25) is 9.59 Å². The first-order chi connectivity index (χ1) is 8.06. The Kier molecular flexibility index (Phi) is 3.22. The molecule has 0 aromatic heterocycles. The van der Waals surface area contributed by atoms with E-state index in [0.717, 1.165) is 5.56 Å². The lowest BCUT2D eigenvalue weighted by Crippen LogP contribution is -2.38. The van der Waals surface area contributed by atoms with Gasteiger partial charge in [0.2, 0.25) is 5.91 Å². The number of halogens is 1. The molecule has 2 rings (SSSR count). The van der Waals surface area contributed by atoms with Crippen molar-refractivity contribution in [2.75, 3.05) is 6.54 Å². The van der Waals surface area contributed by atoms with Gasteiger partial charge in [-0.2, -0.15) is 0 Å². The van der Waals surface area contributed by atoms with E-state index in [4.69, 9.17) is 0 Å². The van der Waals surface area contributed by atoms with Gasteiger partial charge in [0, 0.05) is 25.1 Å². The number of benzene rings is 1. The van der Waals surface area contributed by atoms with Crippen LogP contribution in [0.25, 0.3) is 0 Å². The summed E-state index contributed by atoms with van der Waals surface area (Å²) in [5, 5.41) is 0. The normalized spacial score (nSPS) is 16.5. The molecule has 0 aliphatic carbocycles. The van der Waals surface area contributed by atoms with Crippen LogP contribution in [0.2, 0.25) is 0 Å². The largest absolute Gasteiger partial charge is 0.337 e. The summed E-state index contributed by atoms with van der Waals surface area (Å²) in [6.45, 7) is 2.52. The zero-order chi connectivity index (χ0) is 12.4. The molecule has 1 aromatic rings. The number of amides is 1. The predicted octanol–water partition coefficient (Wildman–Crippen LogP) is 1.83. The Bertz CT molecular complexity index is 470. The van der Waals surface area contributed by atoms with Crippen LogP contribution >= 0.6 is 0 Å². The van der Waals surface area contributed by atoms with Crippen molar-refractivity contribution in [1.29, 1.82) is 0 Å². The molecule has 1 saturated heterocycles. The first-order valence-electron chi connectivity index (χ1n) is 5.61. The van der Waals surface area contributed by atoms with E-state index in [1.165, 1.54) is 6.07 Å². The maximum atomic E-state index is 13.5. The third kappa shape index (κ3) is 2.70. The zero-order valence-corrected chi connectivity index (χ0v) is 9.70. The number of carbonyl (C=O) groups excluding carboxylic acids is 2. The minimum absolute atomic E-state index is 0.0315. The number of likely N-dealkylation sites (tertiary alicyclic amines) is 1. The number of ketones is 1. The Labute approximate surface area is 99.2 Å². The minimum atomic E-state index is -0.305. The molecule has 90 valence electrons. The molecule has 1 aliphatic rings. The van der Waals surface area contributed by atoms with Gasteiger partial charge < -0.3 is 4.90 Å². The van der Waals surface area contributed by atoms with E-state index in [-0.39, 0.29) is 30.5 Å². The maximum Gasteiger partial charge on any atom is 0.230 e. The van der Waals surface area contributed by atoms with E-state index < -0.39 is 0 Å². The van der Waals surface area contributed by atoms with Crippen LogP contribution in [-0.2, 0) is 16.1 Å². The second kappa shape index (κ2) is 4.65. The first-order valence-corrected chi connectivity index (χ1v) is 5.61. The Hall–Kier alpha value is -1.71. The average molecular weight is 235 g/mol. The number of hydrogen-bond acceptors (Lipinski definition) is 2. The highest BCUT2D eigenvalue weighted by atomic mass is 19.1. The van der Waals surface area contributed by atoms with Gasteiger partial charge in [-0.25, -0.2) is 4.39 Å². The van der Waals surface area contributed by atoms with E-state index in [1.54, 1.807) is 17.0 Å². The molecule has 0 saturated carbocycles. The van der Waals surface area contributed by atoms with Crippen LogP contribution in [0.1, 0.15) is 24.0 Å². The molecule has 1 aliphatic heterocycles. The van der Waals surface area contributed by atoms with Gasteiger partial charge in [-0.05, 0) is 13.0 Å². The Morgan fingerprint density at radius 2 is 2.12 bits per heavy atom. The average Bonchev–Trinajstić information content (AvgIpc) is 2.27. The molecule has 0 radical (unpaired) electrons. The van der Waals surface area contributed by atoms with Crippen molar-refractivity contribution in [2.24, 2.45) is 0 Å². The fourth-order valence-corrected chi connectivity index (χ4v) is 1.95. The van der Waals surface area contributed by atoms with Crippen LogP contribution in [0.15, 0.2) is 18.2 Å². The summed E-state index contributed by atoms with van der Waals surface area (Å²) in [7, 11) is 0. The summed E-state index contributed by atoms with van der Waals surface area (Å²) in [6.07, 6.45) is 0.326. The number of Topliss-reactive ketones (excluding diaryl/α,β-unsaturated/α-hetero) is 1. The van der Waals surface area contributed by atoms with Gasteiger partial charge in [-0.15, -0.1) is 0 Å². The van der Waals surface area contributed by atoms with Crippen molar-refractivity contribution >= 4 is 11.7 Å². The van der Waals surface area contributed by atoms with Crippen molar-refractivity contribution in [3.8, 4) is 0 Å². The van der Waals surface area contributed by atoms with E-state index in [0.29, 0.717) is 18.5 Å². The number of hydrogen-bond donors (Lipinski definition) is 0. The van der Waals surface area contributed by atoms with Gasteiger partial charge in [0.05, 0.1) is 6.42 Å². The van der Waals surface area contributed by atoms with E-state index in [1.807, 2.05) is 6.92 Å². The molecule has 0 spiro atoms. The van der Waals surface area contributed by atoms with Gasteiger partial charge in [0.25, 0.3) is 0 Å². The molecule has 0 N–H and O–H groups in total. The quantitative estimate of drug-likeness (QED) is 0.733. The number of carbonyl (C=O) groups is 2. The lowest BCUT2D eigenvalue weighted by atomic mass is 10.1. The van der Waals surface area contributed by atoms with Crippen LogP contribution in [0, 0.1) is 12.7 Å². The Morgan fingerprint density at radius 3 is 2.82 bits per heavy atom. The highest BCUT2D eigenvalue weighted by Crippen LogP contribution is 2.16. The molecule has 1 fully saturated rings. The molecular weight excluding hydrogens is 221 g/mol. The molecular formula is C13H14FNO2. The van der Waals surface area contributed by atoms with Crippen molar-refractivity contribution in [1.82, 2.24) is 4.90 Å². The number of piperidine rings is 1. The van der Waals surface area contributed by atoms with E-state index >= 15 is 0 Å². The first kappa shape index (κ1) is 11.8. The molecule has 0 atom stereocenters.